The zero-order valence-electron chi connectivity index (χ0n) is 30.8. The quantitative estimate of drug-likeness (QED) is 0.171. The molecule has 4 nitrogen and oxygen atoms in total. The van der Waals surface area contributed by atoms with Crippen LogP contribution >= 0.6 is 0 Å². The second-order valence-corrected chi connectivity index (χ2v) is 14.3. The van der Waals surface area contributed by atoms with Crippen molar-refractivity contribution in [2.45, 2.75) is 0 Å². The molecular weight excluding hydrogens is 695 g/mol. The van der Waals surface area contributed by atoms with Crippen molar-refractivity contribution in [1.82, 2.24) is 15.0 Å². The third kappa shape index (κ3) is 5.66. The number of aromatic nitrogens is 3. The van der Waals surface area contributed by atoms with Gasteiger partial charge in [0.1, 0.15) is 11.2 Å². The number of furan rings is 1. The van der Waals surface area contributed by atoms with E-state index in [1.807, 2.05) is 36.4 Å². The Bertz CT molecular complexity index is 3260. The number of rotatable bonds is 6. The van der Waals surface area contributed by atoms with Crippen LogP contribution in [0.1, 0.15) is 0 Å². The molecule has 2 aromatic heterocycles. The molecule has 2 heterocycles. The monoisotopic (exact) mass is 727 g/mol. The van der Waals surface area contributed by atoms with Gasteiger partial charge in [0.2, 0.25) is 0 Å². The fourth-order valence-electron chi connectivity index (χ4n) is 8.21. The standard InChI is InChI=1S/C53H33N3O/c1-4-15-34(16-5-1)39-31-32-46(42-22-11-10-21-41(39)42)53-55-51(37-19-8-3-9-20-37)54-52(56-53)38-29-27-36(28-30-38)40-25-14-26-45-48-33-47(35-17-6-2-7-18-35)43-23-12-13-24-44(43)50(48)57-49(40)45/h1-33H. The van der Waals surface area contributed by atoms with E-state index < -0.39 is 0 Å². The van der Waals surface area contributed by atoms with Gasteiger partial charge in [0.05, 0.1) is 0 Å². The van der Waals surface area contributed by atoms with Crippen molar-refractivity contribution in [3.63, 3.8) is 0 Å². The fraction of sp³-hybridized carbons (Fsp3) is 0. The van der Waals surface area contributed by atoms with Gasteiger partial charge in [0.25, 0.3) is 0 Å². The smallest absolute Gasteiger partial charge is 0.164 e. The fourth-order valence-corrected chi connectivity index (χ4v) is 8.21. The Kier molecular flexibility index (Phi) is 7.78. The second-order valence-electron chi connectivity index (χ2n) is 14.3. The van der Waals surface area contributed by atoms with Gasteiger partial charge < -0.3 is 4.42 Å². The maximum atomic E-state index is 6.83. The molecule has 4 heteroatoms. The maximum absolute atomic E-state index is 6.83. The van der Waals surface area contributed by atoms with Gasteiger partial charge in [-0.2, -0.15) is 0 Å². The van der Waals surface area contributed by atoms with Crippen molar-refractivity contribution in [1.29, 1.82) is 0 Å². The molecule has 0 saturated carbocycles. The van der Waals surface area contributed by atoms with E-state index >= 15 is 0 Å². The van der Waals surface area contributed by atoms with E-state index in [0.717, 1.165) is 65.9 Å². The van der Waals surface area contributed by atoms with Crippen LogP contribution < -0.4 is 0 Å². The molecule has 0 saturated heterocycles. The Labute approximate surface area is 329 Å². The highest BCUT2D eigenvalue weighted by molar-refractivity contribution is 6.20. The van der Waals surface area contributed by atoms with E-state index in [0.29, 0.717) is 17.5 Å². The maximum Gasteiger partial charge on any atom is 0.164 e. The van der Waals surface area contributed by atoms with Gasteiger partial charge in [-0.3, -0.25) is 0 Å². The predicted molar refractivity (Wildman–Crippen MR) is 235 cm³/mol. The lowest BCUT2D eigenvalue weighted by Gasteiger charge is -2.13. The Morgan fingerprint density at radius 2 is 0.667 bits per heavy atom. The van der Waals surface area contributed by atoms with Gasteiger partial charge in [0.15, 0.2) is 17.5 Å². The molecule has 0 aliphatic rings. The van der Waals surface area contributed by atoms with Crippen LogP contribution in [0.5, 0.6) is 0 Å². The number of para-hydroxylation sites is 1. The zero-order chi connectivity index (χ0) is 37.7. The second kappa shape index (κ2) is 13.6. The number of hydrogen-bond acceptors (Lipinski definition) is 4. The molecule has 266 valence electrons. The summed E-state index contributed by atoms with van der Waals surface area (Å²) in [4.78, 5) is 15.3. The van der Waals surface area contributed by atoms with Crippen LogP contribution in [0.4, 0.5) is 0 Å². The molecule has 0 aliphatic carbocycles. The summed E-state index contributed by atoms with van der Waals surface area (Å²) in [6.07, 6.45) is 0. The van der Waals surface area contributed by atoms with Gasteiger partial charge in [-0.1, -0.05) is 188 Å². The third-order valence-electron chi connectivity index (χ3n) is 11.0. The SMILES string of the molecule is c1ccc(-c2nc(-c3ccc(-c4cccc5c4oc4c6ccccc6c(-c6ccccc6)cc54)cc3)nc(-c3ccc(-c4ccccc4)c4ccccc34)n2)cc1. The summed E-state index contributed by atoms with van der Waals surface area (Å²) < 4.78 is 6.83. The highest BCUT2D eigenvalue weighted by atomic mass is 16.3. The van der Waals surface area contributed by atoms with E-state index in [4.69, 9.17) is 19.4 Å². The van der Waals surface area contributed by atoms with Crippen LogP contribution in [-0.2, 0) is 0 Å². The average molecular weight is 728 g/mol. The summed E-state index contributed by atoms with van der Waals surface area (Å²) in [5.41, 5.74) is 11.4. The highest BCUT2D eigenvalue weighted by Crippen LogP contribution is 2.43. The van der Waals surface area contributed by atoms with E-state index in [-0.39, 0.29) is 0 Å². The minimum Gasteiger partial charge on any atom is -0.455 e. The number of hydrogen-bond donors (Lipinski definition) is 0. The van der Waals surface area contributed by atoms with Gasteiger partial charge in [-0.05, 0) is 56.1 Å². The van der Waals surface area contributed by atoms with Crippen LogP contribution in [0.15, 0.2) is 205 Å². The van der Waals surface area contributed by atoms with Crippen molar-refractivity contribution < 1.29 is 4.42 Å². The summed E-state index contributed by atoms with van der Waals surface area (Å²) in [6, 6.07) is 69.7. The molecule has 0 radical (unpaired) electrons. The normalized spacial score (nSPS) is 11.5. The number of benzene rings is 9. The lowest BCUT2D eigenvalue weighted by atomic mass is 9.94. The van der Waals surface area contributed by atoms with Crippen molar-refractivity contribution in [2.75, 3.05) is 0 Å². The molecule has 0 atom stereocenters. The summed E-state index contributed by atoms with van der Waals surface area (Å²) >= 11 is 0. The molecule has 0 unspecified atom stereocenters. The van der Waals surface area contributed by atoms with Crippen molar-refractivity contribution in [2.24, 2.45) is 0 Å². The van der Waals surface area contributed by atoms with Gasteiger partial charge in [0, 0.05) is 38.4 Å². The zero-order valence-corrected chi connectivity index (χ0v) is 30.8. The first-order valence-electron chi connectivity index (χ1n) is 19.2. The third-order valence-corrected chi connectivity index (χ3v) is 11.0. The molecule has 0 spiro atoms. The first kappa shape index (κ1) is 32.7. The Morgan fingerprint density at radius 1 is 0.246 bits per heavy atom. The highest BCUT2D eigenvalue weighted by Gasteiger charge is 2.19. The summed E-state index contributed by atoms with van der Waals surface area (Å²) in [7, 11) is 0. The lowest BCUT2D eigenvalue weighted by Crippen LogP contribution is -2.00. The molecule has 11 rings (SSSR count). The van der Waals surface area contributed by atoms with Gasteiger partial charge in [-0.15, -0.1) is 0 Å². The van der Waals surface area contributed by atoms with E-state index in [2.05, 4.69) is 164 Å². The number of fused-ring (bicyclic) bond motifs is 6. The minimum atomic E-state index is 0.614. The van der Waals surface area contributed by atoms with Crippen molar-refractivity contribution >= 4 is 43.5 Å². The van der Waals surface area contributed by atoms with Crippen molar-refractivity contribution in [3.8, 4) is 67.5 Å². The first-order valence-corrected chi connectivity index (χ1v) is 19.2. The molecule has 9 aromatic carbocycles. The van der Waals surface area contributed by atoms with Crippen molar-refractivity contribution in [3.05, 3.63) is 200 Å². The summed E-state index contributed by atoms with van der Waals surface area (Å²) in [6.45, 7) is 0. The van der Waals surface area contributed by atoms with Crippen LogP contribution in [0, 0.1) is 0 Å². The Balaban J connectivity index is 1.04. The van der Waals surface area contributed by atoms with E-state index in [1.165, 1.54) is 27.6 Å². The molecule has 0 N–H and O–H groups in total. The largest absolute Gasteiger partial charge is 0.455 e. The molecule has 11 aromatic rings. The van der Waals surface area contributed by atoms with Crippen LogP contribution in [-0.4, -0.2) is 15.0 Å². The van der Waals surface area contributed by atoms with Crippen LogP contribution in [0.25, 0.3) is 111 Å². The minimum absolute atomic E-state index is 0.614. The molecule has 0 aliphatic heterocycles. The molecular formula is C53H33N3O. The molecule has 57 heavy (non-hydrogen) atoms. The molecule has 0 amide bonds. The van der Waals surface area contributed by atoms with Crippen LogP contribution in [0.3, 0.4) is 0 Å². The Hall–Kier alpha value is -7.69. The summed E-state index contributed by atoms with van der Waals surface area (Å²) in [5.74, 6) is 1.88. The van der Waals surface area contributed by atoms with E-state index in [1.54, 1.807) is 0 Å². The van der Waals surface area contributed by atoms with E-state index in [9.17, 15) is 0 Å². The Morgan fingerprint density at radius 3 is 1.32 bits per heavy atom. The van der Waals surface area contributed by atoms with Gasteiger partial charge in [-0.25, -0.2) is 15.0 Å². The number of nitrogens with zero attached hydrogens (tertiary/aromatic N) is 3. The first-order chi connectivity index (χ1) is 28.3. The topological polar surface area (TPSA) is 51.8 Å². The molecule has 0 bridgehead atoms. The summed E-state index contributed by atoms with van der Waals surface area (Å²) in [5, 5.41) is 6.72. The predicted octanol–water partition coefficient (Wildman–Crippen LogP) is 14.1. The average Bonchev–Trinajstić information content (AvgIpc) is 3.68. The van der Waals surface area contributed by atoms with Gasteiger partial charge >= 0.3 is 0 Å². The lowest BCUT2D eigenvalue weighted by molar-refractivity contribution is 0.674. The molecule has 0 fully saturated rings. The van der Waals surface area contributed by atoms with Crippen LogP contribution in [0.2, 0.25) is 0 Å².